The van der Waals surface area contributed by atoms with E-state index in [0.717, 1.165) is 5.56 Å². The maximum absolute atomic E-state index is 14.2. The average Bonchev–Trinajstić information content (AvgIpc) is 3.09. The van der Waals surface area contributed by atoms with Gasteiger partial charge in [-0.25, -0.2) is 0 Å². The van der Waals surface area contributed by atoms with E-state index in [2.05, 4.69) is 5.32 Å². The van der Waals surface area contributed by atoms with Gasteiger partial charge in [-0.3, -0.25) is 14.4 Å². The second-order valence-electron chi connectivity index (χ2n) is 11.4. The van der Waals surface area contributed by atoms with E-state index in [1.165, 1.54) is 14.2 Å². The third kappa shape index (κ3) is 9.20. The molecule has 4 rings (SSSR count). The van der Waals surface area contributed by atoms with Gasteiger partial charge in [0.1, 0.15) is 12.2 Å². The van der Waals surface area contributed by atoms with Crippen LogP contribution in [0.3, 0.4) is 0 Å². The molecule has 0 bridgehead atoms. The van der Waals surface area contributed by atoms with Crippen molar-refractivity contribution in [2.75, 3.05) is 37.6 Å². The van der Waals surface area contributed by atoms with E-state index in [-0.39, 0.29) is 70.1 Å². The van der Waals surface area contributed by atoms with Gasteiger partial charge in [-0.15, -0.1) is 0 Å². The molecule has 10 nitrogen and oxygen atoms in total. The minimum atomic E-state index is -1.23. The van der Waals surface area contributed by atoms with Gasteiger partial charge in [0.05, 0.1) is 20.6 Å². The number of nitrogens with one attached hydrogen (secondary N) is 1. The van der Waals surface area contributed by atoms with Crippen LogP contribution in [-0.4, -0.2) is 61.5 Å². The Bertz CT molecular complexity index is 1530. The standard InChI is InChI=1S/C33H37ClN2O8.Ac/c1-33(2,19-37)18-36-25-13-12-21(34)16-24(25)30(23-9-6-10-26(42-3)31(23)43-4)44-27(32(36)41)17-28(38)35-22-8-5-7-20(15-22)11-14-29(39)40;/h5-10,12-13,15-16,27,30,37H,11,14,17-19H2,1-4H3,(H,35,38)(H,39,40);/t27-,30-;/m1./s1. The molecular weight excluding hydrogens is 815 g/mol. The largest absolute Gasteiger partial charge is 0.493 e. The molecule has 0 saturated carbocycles. The summed E-state index contributed by atoms with van der Waals surface area (Å²) in [4.78, 5) is 40.2. The molecule has 0 aromatic heterocycles. The summed E-state index contributed by atoms with van der Waals surface area (Å²) < 4.78 is 17.8. The Morgan fingerprint density at radius 1 is 1.04 bits per heavy atom. The van der Waals surface area contributed by atoms with Crippen molar-refractivity contribution >= 4 is 40.8 Å². The zero-order valence-electron chi connectivity index (χ0n) is 25.7. The zero-order chi connectivity index (χ0) is 32.0. The molecule has 2 amide bonds. The van der Waals surface area contributed by atoms with Crippen molar-refractivity contribution in [2.24, 2.45) is 5.41 Å². The summed E-state index contributed by atoms with van der Waals surface area (Å²) in [6.07, 6.45) is -2.16. The SMILES string of the molecule is COc1cccc([C@H]2O[C@H](CC(=O)Nc3cccc(CCC(=O)O)c3)C(=O)N(CC(C)(C)CO)c3ccc(Cl)cc32)c1OC.[Ac]. The van der Waals surface area contributed by atoms with Crippen molar-refractivity contribution < 1.29 is 82.9 Å². The Morgan fingerprint density at radius 3 is 2.44 bits per heavy atom. The van der Waals surface area contributed by atoms with Crippen molar-refractivity contribution in [3.63, 3.8) is 0 Å². The Kier molecular flexibility index (Phi) is 13.3. The van der Waals surface area contributed by atoms with E-state index in [1.54, 1.807) is 65.6 Å². The second kappa shape index (κ2) is 16.2. The van der Waals surface area contributed by atoms with Crippen LogP contribution in [0.1, 0.15) is 49.5 Å². The summed E-state index contributed by atoms with van der Waals surface area (Å²) in [7, 11) is 3.03. The van der Waals surface area contributed by atoms with Crippen molar-refractivity contribution in [3.05, 3.63) is 82.4 Å². The Morgan fingerprint density at radius 2 is 1.78 bits per heavy atom. The number of aliphatic hydroxyl groups excluding tert-OH is 1. The van der Waals surface area contributed by atoms with Crippen molar-refractivity contribution in [1.82, 2.24) is 0 Å². The van der Waals surface area contributed by atoms with Gasteiger partial charge in [0.2, 0.25) is 5.91 Å². The minimum absolute atomic E-state index is 0. The van der Waals surface area contributed by atoms with Crippen LogP contribution in [0, 0.1) is 49.5 Å². The van der Waals surface area contributed by atoms with Crippen LogP contribution in [0.25, 0.3) is 0 Å². The van der Waals surface area contributed by atoms with Gasteiger partial charge in [-0.1, -0.05) is 49.7 Å². The smallest absolute Gasteiger partial charge is 0.303 e. The number of carbonyl (C=O) groups is 3. The molecule has 1 aliphatic rings. The van der Waals surface area contributed by atoms with Crippen molar-refractivity contribution in [3.8, 4) is 11.5 Å². The fourth-order valence-corrected chi connectivity index (χ4v) is 5.32. The molecule has 0 saturated heterocycles. The van der Waals surface area contributed by atoms with Gasteiger partial charge in [0.15, 0.2) is 11.5 Å². The van der Waals surface area contributed by atoms with Crippen LogP contribution in [0.4, 0.5) is 11.4 Å². The first-order valence-corrected chi connectivity index (χ1v) is 14.5. The number of aryl methyl sites for hydroxylation is 1. The van der Waals surface area contributed by atoms with E-state index >= 15 is 0 Å². The van der Waals surface area contributed by atoms with Gasteiger partial charge in [0.25, 0.3) is 5.91 Å². The number of methoxy groups -OCH3 is 2. The molecule has 12 heteroatoms. The number of carbonyl (C=O) groups excluding carboxylic acids is 2. The number of aliphatic carboxylic acids is 1. The fourth-order valence-electron chi connectivity index (χ4n) is 5.14. The van der Waals surface area contributed by atoms with Crippen LogP contribution in [-0.2, 0) is 25.5 Å². The number of ether oxygens (including phenoxy) is 3. The van der Waals surface area contributed by atoms with Gasteiger partial charge in [-0.2, -0.15) is 0 Å². The second-order valence-corrected chi connectivity index (χ2v) is 11.8. The van der Waals surface area contributed by atoms with Gasteiger partial charge in [0, 0.05) is 96.6 Å². The first-order valence-electron chi connectivity index (χ1n) is 14.1. The third-order valence-electron chi connectivity index (χ3n) is 7.34. The molecule has 1 radical (unpaired) electrons. The molecule has 3 N–H and O–H groups in total. The molecular formula is C33H37AcClN2O8. The van der Waals surface area contributed by atoms with E-state index in [4.69, 9.17) is 30.9 Å². The number of aliphatic hydroxyl groups is 1. The average molecular weight is 852 g/mol. The molecule has 237 valence electrons. The first-order chi connectivity index (χ1) is 21.0. The zero-order valence-corrected chi connectivity index (χ0v) is 31.2. The summed E-state index contributed by atoms with van der Waals surface area (Å²) in [5.41, 5.74) is 2.23. The summed E-state index contributed by atoms with van der Waals surface area (Å²) in [6, 6.07) is 17.4. The monoisotopic (exact) mass is 851 g/mol. The van der Waals surface area contributed by atoms with Crippen LogP contribution in [0.15, 0.2) is 60.7 Å². The maximum Gasteiger partial charge on any atom is 0.303 e. The minimum Gasteiger partial charge on any atom is -0.493 e. The molecule has 1 aliphatic heterocycles. The molecule has 2 atom stereocenters. The first kappa shape index (κ1) is 36.8. The number of fused-ring (bicyclic) bond motifs is 1. The number of nitrogens with zero attached hydrogens (tertiary/aromatic N) is 1. The number of rotatable bonds is 12. The molecule has 0 unspecified atom stereocenters. The summed E-state index contributed by atoms with van der Waals surface area (Å²) in [6.45, 7) is 3.63. The van der Waals surface area contributed by atoms with Crippen LogP contribution < -0.4 is 19.7 Å². The Labute approximate surface area is 303 Å². The van der Waals surface area contributed by atoms with E-state index in [1.807, 2.05) is 13.8 Å². The van der Waals surface area contributed by atoms with E-state index < -0.39 is 35.4 Å². The molecule has 3 aromatic rings. The quantitative estimate of drug-likeness (QED) is 0.226. The number of carboxylic acids is 1. The molecule has 1 heterocycles. The topological polar surface area (TPSA) is 135 Å². The van der Waals surface area contributed by atoms with Crippen LogP contribution in [0.2, 0.25) is 5.02 Å². The maximum atomic E-state index is 14.2. The van der Waals surface area contributed by atoms with Crippen LogP contribution >= 0.6 is 11.6 Å². The van der Waals surface area contributed by atoms with E-state index in [9.17, 15) is 19.5 Å². The summed E-state index contributed by atoms with van der Waals surface area (Å²) >= 11 is 6.47. The number of carboxylic acid groups (broad SMARTS) is 1. The predicted octanol–water partition coefficient (Wildman–Crippen LogP) is 5.24. The number of halogens is 1. The molecule has 0 spiro atoms. The predicted molar refractivity (Wildman–Crippen MR) is 167 cm³/mol. The molecule has 0 fully saturated rings. The fraction of sp³-hybridized carbons (Fsp3) is 0.364. The van der Waals surface area contributed by atoms with E-state index in [0.29, 0.717) is 45.4 Å². The number of benzene rings is 3. The van der Waals surface area contributed by atoms with Crippen molar-refractivity contribution in [2.45, 2.75) is 45.3 Å². The Balaban J connectivity index is 0.00000552. The van der Waals surface area contributed by atoms with Gasteiger partial charge < -0.3 is 34.6 Å². The normalized spacial score (nSPS) is 16.2. The number of para-hydroxylation sites is 1. The number of hydrogen-bond acceptors (Lipinski definition) is 7. The number of hydrogen-bond donors (Lipinski definition) is 3. The van der Waals surface area contributed by atoms with Gasteiger partial charge in [-0.05, 0) is 48.4 Å². The number of anilines is 2. The summed E-state index contributed by atoms with van der Waals surface area (Å²) in [5, 5.41) is 22.3. The van der Waals surface area contributed by atoms with Gasteiger partial charge >= 0.3 is 5.97 Å². The molecule has 0 aliphatic carbocycles. The third-order valence-corrected chi connectivity index (χ3v) is 7.58. The molecule has 45 heavy (non-hydrogen) atoms. The Hall–Kier alpha value is -2.68. The number of amides is 2. The summed E-state index contributed by atoms with van der Waals surface area (Å²) in [5.74, 6) is -0.973. The molecule has 3 aromatic carbocycles. The van der Waals surface area contributed by atoms with Crippen molar-refractivity contribution in [1.29, 1.82) is 0 Å². The van der Waals surface area contributed by atoms with Crippen LogP contribution in [0.5, 0.6) is 11.5 Å².